The fraction of sp³-hybridized carbons (Fsp3) is 0.615. The van der Waals surface area contributed by atoms with Gasteiger partial charge in [0.25, 0.3) is 0 Å². The van der Waals surface area contributed by atoms with Crippen molar-refractivity contribution < 1.29 is 18.0 Å². The van der Waals surface area contributed by atoms with Gasteiger partial charge in [0.15, 0.2) is 5.78 Å². The van der Waals surface area contributed by atoms with Crippen molar-refractivity contribution in [3.63, 3.8) is 0 Å². The van der Waals surface area contributed by atoms with Crippen molar-refractivity contribution in [2.75, 3.05) is 43.4 Å². The van der Waals surface area contributed by atoms with Crippen LogP contribution in [-0.4, -0.2) is 49.6 Å². The summed E-state index contributed by atoms with van der Waals surface area (Å²) in [4.78, 5) is 15.6. The number of alkyl halides is 3. The number of nitrogens with zero attached hydrogens (tertiary/aromatic N) is 2. The number of anilines is 2. The number of thiophene rings is 1. The Hall–Kier alpha value is -1.28. The first-order valence-electron chi connectivity index (χ1n) is 6.76. The molecule has 2 N–H and O–H groups in total. The SMILES string of the molecule is CCC(=O)c1sc(N2CCN(CC(F)(F)F)CC2)cc1N. The molecule has 0 aliphatic carbocycles. The molecule has 1 saturated heterocycles. The second-order valence-corrected chi connectivity index (χ2v) is 6.05. The summed E-state index contributed by atoms with van der Waals surface area (Å²) < 4.78 is 37.0. The fourth-order valence-corrected chi connectivity index (χ4v) is 3.45. The summed E-state index contributed by atoms with van der Waals surface area (Å²) in [5.74, 6) is -0.000502. The van der Waals surface area contributed by atoms with Crippen LogP contribution < -0.4 is 10.6 Å². The standard InChI is InChI=1S/C13H18F3N3OS/c1-2-10(20)12-9(17)7-11(21-12)19-5-3-18(4-6-19)8-13(14,15)16/h7H,2-6,8,17H2,1H3. The molecule has 2 rings (SSSR count). The van der Waals surface area contributed by atoms with Crippen molar-refractivity contribution in [2.45, 2.75) is 19.5 Å². The number of carbonyl (C=O) groups excluding carboxylic acids is 1. The maximum Gasteiger partial charge on any atom is 0.401 e. The van der Waals surface area contributed by atoms with E-state index in [-0.39, 0.29) is 5.78 Å². The van der Waals surface area contributed by atoms with Gasteiger partial charge in [-0.3, -0.25) is 9.69 Å². The Morgan fingerprint density at radius 1 is 1.33 bits per heavy atom. The minimum absolute atomic E-state index is 0.000502. The largest absolute Gasteiger partial charge is 0.401 e. The average molecular weight is 321 g/mol. The van der Waals surface area contributed by atoms with Gasteiger partial charge in [-0.05, 0) is 6.07 Å². The third-order valence-electron chi connectivity index (χ3n) is 3.41. The van der Waals surface area contributed by atoms with Gasteiger partial charge in [-0.15, -0.1) is 11.3 Å². The number of hydrogen-bond acceptors (Lipinski definition) is 5. The lowest BCUT2D eigenvalue weighted by molar-refractivity contribution is -0.146. The second kappa shape index (κ2) is 6.23. The first-order chi connectivity index (χ1) is 9.80. The van der Waals surface area contributed by atoms with Crippen LogP contribution in [0.5, 0.6) is 0 Å². The van der Waals surface area contributed by atoms with Gasteiger partial charge < -0.3 is 10.6 Å². The van der Waals surface area contributed by atoms with Crippen LogP contribution >= 0.6 is 11.3 Å². The van der Waals surface area contributed by atoms with E-state index in [1.165, 1.54) is 16.2 Å². The second-order valence-electron chi connectivity index (χ2n) is 5.02. The molecule has 0 saturated carbocycles. The van der Waals surface area contributed by atoms with E-state index in [4.69, 9.17) is 5.73 Å². The predicted octanol–water partition coefficient (Wildman–Crippen LogP) is 2.61. The zero-order valence-corrected chi connectivity index (χ0v) is 12.6. The maximum atomic E-state index is 12.3. The molecule has 0 unspecified atom stereocenters. The normalized spacial score (nSPS) is 17.2. The summed E-state index contributed by atoms with van der Waals surface area (Å²) in [7, 11) is 0. The molecule has 21 heavy (non-hydrogen) atoms. The molecule has 1 aliphatic heterocycles. The highest BCUT2D eigenvalue weighted by atomic mass is 32.1. The van der Waals surface area contributed by atoms with Crippen LogP contribution in [0, 0.1) is 0 Å². The highest BCUT2D eigenvalue weighted by molar-refractivity contribution is 7.18. The molecule has 1 fully saturated rings. The first-order valence-corrected chi connectivity index (χ1v) is 7.58. The molecule has 1 aliphatic rings. The minimum atomic E-state index is -4.16. The summed E-state index contributed by atoms with van der Waals surface area (Å²) in [6.45, 7) is 2.64. The number of nitrogens with two attached hydrogens (primary N) is 1. The quantitative estimate of drug-likeness (QED) is 0.866. The van der Waals surface area contributed by atoms with Crippen molar-refractivity contribution in [2.24, 2.45) is 0 Å². The van der Waals surface area contributed by atoms with E-state index in [2.05, 4.69) is 0 Å². The molecule has 1 aromatic rings. The summed E-state index contributed by atoms with van der Waals surface area (Å²) in [5.41, 5.74) is 6.30. The van der Waals surface area contributed by atoms with E-state index in [0.29, 0.717) is 43.2 Å². The lowest BCUT2D eigenvalue weighted by Gasteiger charge is -2.35. The van der Waals surface area contributed by atoms with Crippen molar-refractivity contribution in [1.29, 1.82) is 0 Å². The maximum absolute atomic E-state index is 12.3. The lowest BCUT2D eigenvalue weighted by atomic mass is 10.2. The van der Waals surface area contributed by atoms with Gasteiger partial charge in [0.2, 0.25) is 0 Å². The Kier molecular flexibility index (Phi) is 4.77. The molecule has 0 spiro atoms. The molecule has 0 radical (unpaired) electrons. The predicted molar refractivity (Wildman–Crippen MR) is 78.1 cm³/mol. The van der Waals surface area contributed by atoms with Crippen LogP contribution in [0.4, 0.5) is 23.9 Å². The van der Waals surface area contributed by atoms with Gasteiger partial charge in [0, 0.05) is 32.6 Å². The molecule has 2 heterocycles. The monoisotopic (exact) mass is 321 g/mol. The molecular weight excluding hydrogens is 303 g/mol. The van der Waals surface area contributed by atoms with Crippen LogP contribution in [0.15, 0.2) is 6.07 Å². The third-order valence-corrected chi connectivity index (χ3v) is 4.66. The van der Waals surface area contributed by atoms with E-state index >= 15 is 0 Å². The van der Waals surface area contributed by atoms with E-state index < -0.39 is 12.7 Å². The van der Waals surface area contributed by atoms with Gasteiger partial charge in [0.1, 0.15) is 0 Å². The van der Waals surface area contributed by atoms with Crippen molar-refractivity contribution >= 4 is 27.8 Å². The number of halogens is 3. The Morgan fingerprint density at radius 3 is 2.48 bits per heavy atom. The van der Waals surface area contributed by atoms with E-state index in [1.807, 2.05) is 4.90 Å². The highest BCUT2D eigenvalue weighted by Gasteiger charge is 2.32. The number of piperazine rings is 1. The molecule has 0 atom stereocenters. The van der Waals surface area contributed by atoms with Crippen LogP contribution in [0.2, 0.25) is 0 Å². The van der Waals surface area contributed by atoms with Crippen LogP contribution in [0.1, 0.15) is 23.0 Å². The Balaban J connectivity index is 1.98. The van der Waals surface area contributed by atoms with Gasteiger partial charge in [-0.2, -0.15) is 13.2 Å². The lowest BCUT2D eigenvalue weighted by Crippen LogP contribution is -2.49. The number of rotatable bonds is 4. The van der Waals surface area contributed by atoms with Crippen molar-refractivity contribution in [1.82, 2.24) is 4.90 Å². The Labute approximate surface area is 125 Å². The van der Waals surface area contributed by atoms with Gasteiger partial charge in [0.05, 0.1) is 22.1 Å². The Bertz CT molecular complexity index is 507. The number of hydrogen-bond donors (Lipinski definition) is 1. The van der Waals surface area contributed by atoms with Gasteiger partial charge in [-0.1, -0.05) is 6.92 Å². The first kappa shape index (κ1) is 16.1. The zero-order chi connectivity index (χ0) is 15.6. The molecule has 8 heteroatoms. The molecule has 1 aromatic heterocycles. The molecule has 118 valence electrons. The van der Waals surface area contributed by atoms with E-state index in [1.54, 1.807) is 13.0 Å². The average Bonchev–Trinajstić information content (AvgIpc) is 2.79. The van der Waals surface area contributed by atoms with Crippen molar-refractivity contribution in [3.05, 3.63) is 10.9 Å². The Morgan fingerprint density at radius 2 is 1.95 bits per heavy atom. The summed E-state index contributed by atoms with van der Waals surface area (Å²) in [5, 5.41) is 0.857. The molecular formula is C13H18F3N3OS. The third kappa shape index (κ3) is 4.10. The number of Topliss-reactive ketones (excluding diaryl/α,β-unsaturated/α-hetero) is 1. The molecule has 0 aromatic carbocycles. The zero-order valence-electron chi connectivity index (χ0n) is 11.7. The highest BCUT2D eigenvalue weighted by Crippen LogP contribution is 2.33. The summed E-state index contributed by atoms with van der Waals surface area (Å²) in [6, 6.07) is 1.74. The van der Waals surface area contributed by atoms with E-state index in [0.717, 1.165) is 5.00 Å². The topological polar surface area (TPSA) is 49.6 Å². The summed E-state index contributed by atoms with van der Waals surface area (Å²) >= 11 is 1.32. The number of carbonyl (C=O) groups is 1. The molecule has 4 nitrogen and oxygen atoms in total. The molecule has 0 bridgehead atoms. The van der Waals surface area contributed by atoms with Gasteiger partial charge >= 0.3 is 6.18 Å². The fourth-order valence-electron chi connectivity index (χ4n) is 2.31. The van der Waals surface area contributed by atoms with Crippen LogP contribution in [0.3, 0.4) is 0 Å². The molecule has 0 amide bonds. The van der Waals surface area contributed by atoms with Gasteiger partial charge in [-0.25, -0.2) is 0 Å². The number of nitrogen functional groups attached to an aromatic ring is 1. The smallest absolute Gasteiger partial charge is 0.397 e. The van der Waals surface area contributed by atoms with Crippen LogP contribution in [-0.2, 0) is 0 Å². The van der Waals surface area contributed by atoms with Crippen molar-refractivity contribution in [3.8, 4) is 0 Å². The number of ketones is 1. The van der Waals surface area contributed by atoms with Crippen LogP contribution in [0.25, 0.3) is 0 Å². The minimum Gasteiger partial charge on any atom is -0.397 e. The van der Waals surface area contributed by atoms with E-state index in [9.17, 15) is 18.0 Å². The summed E-state index contributed by atoms with van der Waals surface area (Å²) in [6.07, 6.45) is -3.76.